The Balaban J connectivity index is 2.08. The minimum atomic E-state index is 0.419. The van der Waals surface area contributed by atoms with Crippen molar-refractivity contribution in [3.8, 4) is 0 Å². The third kappa shape index (κ3) is 2.36. The maximum Gasteiger partial charge on any atom is 0.160 e. The summed E-state index contributed by atoms with van der Waals surface area (Å²) in [5.74, 6) is 0.994. The predicted octanol–water partition coefficient (Wildman–Crippen LogP) is 4.55. The summed E-state index contributed by atoms with van der Waals surface area (Å²) in [6.07, 6.45) is 8.35. The van der Waals surface area contributed by atoms with E-state index < -0.39 is 0 Å². The van der Waals surface area contributed by atoms with Crippen molar-refractivity contribution < 1.29 is 0 Å². The van der Waals surface area contributed by atoms with Crippen molar-refractivity contribution in [1.29, 1.82) is 0 Å². The maximum atomic E-state index is 6.36. The van der Waals surface area contributed by atoms with Crippen LogP contribution in [0.1, 0.15) is 69.0 Å². The Kier molecular flexibility index (Phi) is 3.48. The zero-order chi connectivity index (χ0) is 13.4. The molecule has 0 N–H and O–H groups in total. The second-order valence-corrected chi connectivity index (χ2v) is 6.22. The molecule has 0 aliphatic heterocycles. The predicted molar refractivity (Wildman–Crippen MR) is 77.9 cm³/mol. The van der Waals surface area contributed by atoms with E-state index in [0.29, 0.717) is 17.0 Å². The lowest BCUT2D eigenvalue weighted by Gasteiger charge is -2.21. The van der Waals surface area contributed by atoms with Crippen molar-refractivity contribution in [2.45, 2.75) is 57.8 Å². The number of nitrogens with zero attached hydrogens (tertiary/aromatic N) is 3. The van der Waals surface area contributed by atoms with Gasteiger partial charge < -0.3 is 0 Å². The Hall–Kier alpha value is -1.09. The highest BCUT2D eigenvalue weighted by Crippen LogP contribution is 2.33. The van der Waals surface area contributed by atoms with Crippen LogP contribution in [0.4, 0.5) is 0 Å². The molecule has 0 aromatic carbocycles. The highest BCUT2D eigenvalue weighted by Gasteiger charge is 2.20. The third-order valence-corrected chi connectivity index (χ3v) is 4.39. The maximum absolute atomic E-state index is 6.36. The fourth-order valence-corrected chi connectivity index (χ4v) is 3.21. The number of hydrogen-bond donors (Lipinski definition) is 0. The molecular weight excluding hydrogens is 258 g/mol. The molecule has 0 unspecified atom stereocenters. The highest BCUT2D eigenvalue weighted by atomic mass is 35.5. The van der Waals surface area contributed by atoms with Crippen molar-refractivity contribution >= 4 is 17.2 Å². The van der Waals surface area contributed by atoms with Crippen molar-refractivity contribution in [3.05, 3.63) is 28.7 Å². The summed E-state index contributed by atoms with van der Waals surface area (Å²) >= 11 is 6.36. The third-order valence-electron chi connectivity index (χ3n) is 4.12. The lowest BCUT2D eigenvalue weighted by Crippen LogP contribution is -2.08. The minimum absolute atomic E-state index is 0.419. The molecule has 2 heterocycles. The molecule has 19 heavy (non-hydrogen) atoms. The van der Waals surface area contributed by atoms with Crippen LogP contribution in [0.3, 0.4) is 0 Å². The quantitative estimate of drug-likeness (QED) is 0.754. The molecule has 0 bridgehead atoms. The van der Waals surface area contributed by atoms with Gasteiger partial charge in [0.2, 0.25) is 0 Å². The number of aromatic nitrogens is 3. The molecule has 3 nitrogen and oxygen atoms in total. The van der Waals surface area contributed by atoms with E-state index in [1.165, 1.54) is 37.7 Å². The molecule has 0 spiro atoms. The van der Waals surface area contributed by atoms with Crippen molar-refractivity contribution in [3.63, 3.8) is 0 Å². The summed E-state index contributed by atoms with van der Waals surface area (Å²) < 4.78 is 1.75. The summed E-state index contributed by atoms with van der Waals surface area (Å²) in [5, 5.41) is 5.03. The van der Waals surface area contributed by atoms with Crippen LogP contribution in [0.15, 0.2) is 12.3 Å². The monoisotopic (exact) mass is 277 g/mol. The first-order valence-electron chi connectivity index (χ1n) is 7.21. The molecule has 2 aromatic heterocycles. The van der Waals surface area contributed by atoms with Crippen LogP contribution >= 0.6 is 11.6 Å². The second kappa shape index (κ2) is 5.12. The Morgan fingerprint density at radius 1 is 1.26 bits per heavy atom. The minimum Gasteiger partial charge on any atom is -0.233 e. The van der Waals surface area contributed by atoms with E-state index in [9.17, 15) is 0 Å². The summed E-state index contributed by atoms with van der Waals surface area (Å²) in [6, 6.07) is 2.00. The van der Waals surface area contributed by atoms with Gasteiger partial charge in [-0.25, -0.2) is 9.50 Å². The fourth-order valence-electron chi connectivity index (χ4n) is 2.98. The lowest BCUT2D eigenvalue weighted by molar-refractivity contribution is 0.436. The van der Waals surface area contributed by atoms with Crippen LogP contribution in [-0.2, 0) is 0 Å². The SMILES string of the molecule is CC(C)c1cnn2c(Cl)cc(C3CCCCC3)nc12. The van der Waals surface area contributed by atoms with E-state index >= 15 is 0 Å². The average Bonchev–Trinajstić information content (AvgIpc) is 2.84. The molecule has 2 aromatic rings. The van der Waals surface area contributed by atoms with Gasteiger partial charge in [-0.05, 0) is 24.8 Å². The van der Waals surface area contributed by atoms with Crippen LogP contribution < -0.4 is 0 Å². The number of hydrogen-bond acceptors (Lipinski definition) is 2. The fraction of sp³-hybridized carbons (Fsp3) is 0.600. The van der Waals surface area contributed by atoms with E-state index in [1.807, 2.05) is 12.3 Å². The van der Waals surface area contributed by atoms with Crippen LogP contribution in [0.5, 0.6) is 0 Å². The molecule has 4 heteroatoms. The van der Waals surface area contributed by atoms with Crippen LogP contribution in [0.25, 0.3) is 5.65 Å². The standard InChI is InChI=1S/C15H20ClN3/c1-10(2)12-9-17-19-14(16)8-13(18-15(12)19)11-6-4-3-5-7-11/h8-11H,3-7H2,1-2H3. The summed E-state index contributed by atoms with van der Waals surface area (Å²) in [5.41, 5.74) is 3.27. The molecule has 1 aliphatic carbocycles. The van der Waals surface area contributed by atoms with Crippen LogP contribution in [-0.4, -0.2) is 14.6 Å². The first-order valence-corrected chi connectivity index (χ1v) is 7.58. The van der Waals surface area contributed by atoms with Gasteiger partial charge in [-0.2, -0.15) is 5.10 Å². The second-order valence-electron chi connectivity index (χ2n) is 5.83. The van der Waals surface area contributed by atoms with Gasteiger partial charge in [-0.3, -0.25) is 0 Å². The summed E-state index contributed by atoms with van der Waals surface area (Å²) in [4.78, 5) is 4.86. The van der Waals surface area contributed by atoms with Crippen molar-refractivity contribution in [2.75, 3.05) is 0 Å². The molecule has 0 atom stereocenters. The largest absolute Gasteiger partial charge is 0.233 e. The average molecular weight is 278 g/mol. The number of rotatable bonds is 2. The Bertz CT molecular complexity index is 582. The van der Waals surface area contributed by atoms with E-state index in [2.05, 4.69) is 18.9 Å². The zero-order valence-electron chi connectivity index (χ0n) is 11.6. The normalized spacial score (nSPS) is 17.5. The van der Waals surface area contributed by atoms with Crippen LogP contribution in [0.2, 0.25) is 5.15 Å². The summed E-state index contributed by atoms with van der Waals surface area (Å²) in [6.45, 7) is 4.33. The first-order chi connectivity index (χ1) is 9.16. The Labute approximate surface area is 119 Å². The van der Waals surface area contributed by atoms with Crippen molar-refractivity contribution in [1.82, 2.24) is 14.6 Å². The van der Waals surface area contributed by atoms with E-state index in [1.54, 1.807) is 4.52 Å². The van der Waals surface area contributed by atoms with Gasteiger partial charge in [0.15, 0.2) is 5.65 Å². The Morgan fingerprint density at radius 3 is 2.68 bits per heavy atom. The van der Waals surface area contributed by atoms with Crippen molar-refractivity contribution in [2.24, 2.45) is 0 Å². The van der Waals surface area contributed by atoms with E-state index in [-0.39, 0.29) is 0 Å². The smallest absolute Gasteiger partial charge is 0.160 e. The van der Waals surface area contributed by atoms with Gasteiger partial charge in [0.1, 0.15) is 5.15 Å². The van der Waals surface area contributed by atoms with Crippen LogP contribution in [0, 0.1) is 0 Å². The first kappa shape index (κ1) is 12.9. The van der Waals surface area contributed by atoms with Gasteiger partial charge >= 0.3 is 0 Å². The van der Waals surface area contributed by atoms with Gasteiger partial charge in [0.05, 0.1) is 6.20 Å². The van der Waals surface area contributed by atoms with E-state index in [0.717, 1.165) is 11.3 Å². The van der Waals surface area contributed by atoms with Gasteiger partial charge in [0, 0.05) is 17.2 Å². The van der Waals surface area contributed by atoms with Gasteiger partial charge in [-0.1, -0.05) is 44.7 Å². The molecular formula is C15H20ClN3. The molecule has 1 fully saturated rings. The highest BCUT2D eigenvalue weighted by molar-refractivity contribution is 6.29. The molecule has 0 saturated heterocycles. The number of fused-ring (bicyclic) bond motifs is 1. The topological polar surface area (TPSA) is 30.2 Å². The molecule has 1 aliphatic rings. The summed E-state index contributed by atoms with van der Waals surface area (Å²) in [7, 11) is 0. The molecule has 0 radical (unpaired) electrons. The molecule has 0 amide bonds. The lowest BCUT2D eigenvalue weighted by atomic mass is 9.87. The zero-order valence-corrected chi connectivity index (χ0v) is 12.3. The molecule has 1 saturated carbocycles. The van der Waals surface area contributed by atoms with Gasteiger partial charge in [0.25, 0.3) is 0 Å². The Morgan fingerprint density at radius 2 is 2.00 bits per heavy atom. The van der Waals surface area contributed by atoms with Gasteiger partial charge in [-0.15, -0.1) is 0 Å². The van der Waals surface area contributed by atoms with E-state index in [4.69, 9.17) is 16.6 Å². The number of halogens is 1. The molecule has 3 rings (SSSR count). The molecule has 102 valence electrons.